The van der Waals surface area contributed by atoms with Crippen LogP contribution in [-0.4, -0.2) is 54.2 Å². The van der Waals surface area contributed by atoms with Gasteiger partial charge in [0.1, 0.15) is 0 Å². The second-order valence-corrected chi connectivity index (χ2v) is 4.14. The lowest BCUT2D eigenvalue weighted by Crippen LogP contribution is -2.64. The van der Waals surface area contributed by atoms with Crippen molar-refractivity contribution in [1.29, 1.82) is 0 Å². The summed E-state index contributed by atoms with van der Waals surface area (Å²) in [5.74, 6) is -15.6. The third-order valence-electron chi connectivity index (χ3n) is 2.20. The Morgan fingerprint density at radius 1 is 0.577 bits per heavy atom. The van der Waals surface area contributed by atoms with Crippen LogP contribution in [0.3, 0.4) is 0 Å². The van der Waals surface area contributed by atoms with E-state index >= 15 is 0 Å². The fourth-order valence-corrected chi connectivity index (χ4v) is 0.917. The molecule has 0 aliphatic rings. The summed E-state index contributed by atoms with van der Waals surface area (Å²) in [4.78, 5) is 0. The van der Waals surface area contributed by atoms with Crippen LogP contribution in [0.25, 0.3) is 0 Å². The minimum atomic E-state index is -7.86. The summed E-state index contributed by atoms with van der Waals surface area (Å²) in [6, 6.07) is 0. The summed E-state index contributed by atoms with van der Waals surface area (Å²) in [7, 11) is 0. The van der Waals surface area contributed by atoms with E-state index in [0.29, 0.717) is 0 Å². The maximum Gasteiger partial charge on any atom is 0.460 e. The van der Waals surface area contributed by atoms with Crippen molar-refractivity contribution >= 4 is 0 Å². The molecule has 1 unspecified atom stereocenters. The SMILES string of the molecule is OC(OC(F)(F)C(F)(F)OC(F)(F)C(F)(F)C(F)(F)C(F)(F)F)C(F)F. The van der Waals surface area contributed by atoms with Crippen molar-refractivity contribution in [2.24, 2.45) is 0 Å². The van der Waals surface area contributed by atoms with Gasteiger partial charge in [-0.1, -0.05) is 0 Å². The summed E-state index contributed by atoms with van der Waals surface area (Å²) in [6.07, 6.45) is -37.6. The average molecular weight is 432 g/mol. The summed E-state index contributed by atoms with van der Waals surface area (Å²) in [5.41, 5.74) is 0. The molecule has 158 valence electrons. The van der Waals surface area contributed by atoms with Gasteiger partial charge >= 0.3 is 36.3 Å². The van der Waals surface area contributed by atoms with E-state index in [0.717, 1.165) is 0 Å². The molecule has 18 heteroatoms. The summed E-state index contributed by atoms with van der Waals surface area (Å²) in [6.45, 7) is 0. The minimum Gasteiger partial charge on any atom is -0.363 e. The molecule has 0 saturated heterocycles. The highest BCUT2D eigenvalue weighted by Gasteiger charge is 2.85. The van der Waals surface area contributed by atoms with Crippen LogP contribution < -0.4 is 0 Å². The van der Waals surface area contributed by atoms with Crippen LogP contribution in [0.1, 0.15) is 0 Å². The highest BCUT2D eigenvalue weighted by molar-refractivity contribution is 4.97. The summed E-state index contributed by atoms with van der Waals surface area (Å²) in [5, 5.41) is 8.07. The van der Waals surface area contributed by atoms with Gasteiger partial charge in [-0.25, -0.2) is 13.5 Å². The molecule has 1 atom stereocenters. The highest BCUT2D eigenvalue weighted by atomic mass is 19.4. The Balaban J connectivity index is 5.77. The first-order valence-electron chi connectivity index (χ1n) is 5.33. The van der Waals surface area contributed by atoms with E-state index in [4.69, 9.17) is 5.11 Å². The molecule has 0 bridgehead atoms. The Bertz CT molecular complexity index is 484. The predicted molar refractivity (Wildman–Crippen MR) is 45.0 cm³/mol. The van der Waals surface area contributed by atoms with Crippen LogP contribution in [0.2, 0.25) is 0 Å². The quantitative estimate of drug-likeness (QED) is 0.462. The Kier molecular flexibility index (Phi) is 6.47. The zero-order valence-electron chi connectivity index (χ0n) is 11.1. The summed E-state index contributed by atoms with van der Waals surface area (Å²) >= 11 is 0. The van der Waals surface area contributed by atoms with E-state index in [1.54, 1.807) is 0 Å². The van der Waals surface area contributed by atoms with Crippen molar-refractivity contribution in [1.82, 2.24) is 0 Å². The van der Waals surface area contributed by atoms with Crippen LogP contribution in [-0.2, 0) is 9.47 Å². The second-order valence-electron chi connectivity index (χ2n) is 4.14. The number of alkyl halides is 15. The molecule has 0 aromatic heterocycles. The summed E-state index contributed by atoms with van der Waals surface area (Å²) < 4.78 is 188. The lowest BCUT2D eigenvalue weighted by molar-refractivity contribution is -0.533. The molecule has 0 rings (SSSR count). The molecule has 0 amide bonds. The molecule has 0 heterocycles. The van der Waals surface area contributed by atoms with Gasteiger partial charge in [-0.2, -0.15) is 57.1 Å². The number of ether oxygens (including phenoxy) is 2. The topological polar surface area (TPSA) is 38.7 Å². The van der Waals surface area contributed by atoms with Gasteiger partial charge in [0.15, 0.2) is 0 Å². The molecule has 26 heavy (non-hydrogen) atoms. The van der Waals surface area contributed by atoms with Crippen LogP contribution in [0.15, 0.2) is 0 Å². The third kappa shape index (κ3) is 4.38. The van der Waals surface area contributed by atoms with E-state index in [-0.39, 0.29) is 0 Å². The van der Waals surface area contributed by atoms with Crippen molar-refractivity contribution in [3.8, 4) is 0 Å². The van der Waals surface area contributed by atoms with Crippen molar-refractivity contribution in [3.63, 3.8) is 0 Å². The van der Waals surface area contributed by atoms with Crippen molar-refractivity contribution in [2.75, 3.05) is 0 Å². The maximum absolute atomic E-state index is 12.7. The predicted octanol–water partition coefficient (Wildman–Crippen LogP) is 4.21. The van der Waals surface area contributed by atoms with Crippen molar-refractivity contribution in [3.05, 3.63) is 0 Å². The zero-order chi connectivity index (χ0) is 21.6. The first-order chi connectivity index (χ1) is 11.0. The Morgan fingerprint density at radius 2 is 0.962 bits per heavy atom. The number of hydrogen-bond acceptors (Lipinski definition) is 3. The number of halogens is 15. The molecule has 0 aliphatic heterocycles. The standard InChI is InChI=1S/C8H3F15O3/c9-1(10)2(24)25-7(20,21)8(22,23)26-6(18,19)4(13,14)3(11,12)5(15,16)17/h1-2,24H. The van der Waals surface area contributed by atoms with Crippen LogP contribution in [0, 0.1) is 0 Å². The lowest BCUT2D eigenvalue weighted by Gasteiger charge is -2.36. The largest absolute Gasteiger partial charge is 0.460 e. The molecular formula is C8H3F15O3. The second kappa shape index (κ2) is 6.77. The van der Waals surface area contributed by atoms with Gasteiger partial charge in [0.25, 0.3) is 6.43 Å². The molecule has 0 aromatic rings. The number of aliphatic hydroxyl groups is 1. The Morgan fingerprint density at radius 3 is 1.27 bits per heavy atom. The van der Waals surface area contributed by atoms with Gasteiger partial charge in [0.2, 0.25) is 6.29 Å². The molecule has 3 nitrogen and oxygen atoms in total. The van der Waals surface area contributed by atoms with Gasteiger partial charge in [-0.15, -0.1) is 0 Å². The molecular weight excluding hydrogens is 429 g/mol. The molecule has 0 radical (unpaired) electrons. The first kappa shape index (κ1) is 24.8. The fraction of sp³-hybridized carbons (Fsp3) is 1.00. The highest BCUT2D eigenvalue weighted by Crippen LogP contribution is 2.55. The normalized spacial score (nSPS) is 17.0. The Labute approximate surface area is 131 Å². The number of aliphatic hydroxyl groups excluding tert-OH is 1. The van der Waals surface area contributed by atoms with E-state index < -0.39 is 49.1 Å². The molecule has 1 N–H and O–H groups in total. The van der Waals surface area contributed by atoms with E-state index in [9.17, 15) is 65.9 Å². The lowest BCUT2D eigenvalue weighted by atomic mass is 10.1. The van der Waals surface area contributed by atoms with Crippen LogP contribution in [0.4, 0.5) is 65.9 Å². The van der Waals surface area contributed by atoms with Crippen LogP contribution >= 0.6 is 0 Å². The number of hydrogen-bond donors (Lipinski definition) is 1. The fourth-order valence-electron chi connectivity index (χ4n) is 0.917. The first-order valence-corrected chi connectivity index (χ1v) is 5.33. The van der Waals surface area contributed by atoms with Gasteiger partial charge in [0.05, 0.1) is 0 Å². The van der Waals surface area contributed by atoms with Gasteiger partial charge < -0.3 is 5.11 Å². The molecule has 0 spiro atoms. The monoisotopic (exact) mass is 432 g/mol. The minimum absolute atomic E-state index is 1.39. The smallest absolute Gasteiger partial charge is 0.363 e. The molecule has 0 fully saturated rings. The van der Waals surface area contributed by atoms with Gasteiger partial charge in [0, 0.05) is 0 Å². The molecule has 0 aliphatic carbocycles. The maximum atomic E-state index is 12.7. The van der Waals surface area contributed by atoms with E-state index in [1.807, 2.05) is 0 Å². The van der Waals surface area contributed by atoms with E-state index in [2.05, 4.69) is 4.74 Å². The van der Waals surface area contributed by atoms with Crippen molar-refractivity contribution < 1.29 is 80.4 Å². The average Bonchev–Trinajstić information content (AvgIpc) is 2.34. The Hall–Kier alpha value is -1.17. The zero-order valence-corrected chi connectivity index (χ0v) is 11.1. The molecule has 0 saturated carbocycles. The van der Waals surface area contributed by atoms with Gasteiger partial charge in [-0.05, 0) is 0 Å². The van der Waals surface area contributed by atoms with E-state index in [1.165, 1.54) is 4.74 Å². The third-order valence-corrected chi connectivity index (χ3v) is 2.20. The number of rotatable bonds is 8. The van der Waals surface area contributed by atoms with Crippen molar-refractivity contribution in [2.45, 2.75) is 49.1 Å². The molecule has 0 aromatic carbocycles. The van der Waals surface area contributed by atoms with Crippen LogP contribution in [0.5, 0.6) is 0 Å². The van der Waals surface area contributed by atoms with Gasteiger partial charge in [-0.3, -0.25) is 4.74 Å².